The Hall–Kier alpha value is -3.10. The van der Waals surface area contributed by atoms with Gasteiger partial charge in [0, 0.05) is 36.2 Å². The van der Waals surface area contributed by atoms with Crippen molar-refractivity contribution in [2.45, 2.75) is 32.0 Å². The van der Waals surface area contributed by atoms with Gasteiger partial charge in [-0.1, -0.05) is 29.3 Å². The molecule has 0 saturated carbocycles. The minimum Gasteiger partial charge on any atom is -0.506 e. The van der Waals surface area contributed by atoms with Gasteiger partial charge in [0.1, 0.15) is 11.8 Å². The van der Waals surface area contributed by atoms with Gasteiger partial charge in [-0.3, -0.25) is 24.5 Å². The molecule has 0 aliphatic carbocycles. The van der Waals surface area contributed by atoms with Gasteiger partial charge in [0.25, 0.3) is 11.8 Å². The molecule has 1 atom stereocenters. The lowest BCUT2D eigenvalue weighted by molar-refractivity contribution is -0.136. The zero-order chi connectivity index (χ0) is 22.3. The molecular weight excluding hydrogens is 445 g/mol. The first-order valence-electron chi connectivity index (χ1n) is 9.48. The number of hydrogen-bond donors (Lipinski definition) is 3. The molecule has 4 amide bonds. The molecule has 8 nitrogen and oxygen atoms in total. The first-order valence-corrected chi connectivity index (χ1v) is 10.2. The fourth-order valence-electron chi connectivity index (χ4n) is 3.72. The van der Waals surface area contributed by atoms with E-state index < -0.39 is 17.9 Å². The number of nitrogens with zero attached hydrogens (tertiary/aromatic N) is 1. The molecule has 1 saturated heterocycles. The summed E-state index contributed by atoms with van der Waals surface area (Å²) in [5.74, 6) is -1.79. The molecule has 0 spiro atoms. The fourth-order valence-corrected chi connectivity index (χ4v) is 4.13. The van der Waals surface area contributed by atoms with Crippen molar-refractivity contribution in [2.24, 2.45) is 0 Å². The second-order valence-electron chi connectivity index (χ2n) is 7.31. The van der Waals surface area contributed by atoms with Crippen LogP contribution in [0.15, 0.2) is 30.3 Å². The fraction of sp³-hybridized carbons (Fsp3) is 0.238. The molecule has 10 heteroatoms. The monoisotopic (exact) mass is 461 g/mol. The third kappa shape index (κ3) is 3.96. The quantitative estimate of drug-likeness (QED) is 0.604. The summed E-state index contributed by atoms with van der Waals surface area (Å²) in [4.78, 5) is 50.1. The van der Waals surface area contributed by atoms with Crippen LogP contribution in [0.2, 0.25) is 10.0 Å². The molecule has 160 valence electrons. The number of carbonyl (C=O) groups excluding carboxylic acids is 4. The Morgan fingerprint density at radius 1 is 1.19 bits per heavy atom. The molecule has 2 heterocycles. The maximum atomic E-state index is 12.8. The number of phenols is 1. The topological polar surface area (TPSA) is 116 Å². The van der Waals surface area contributed by atoms with Crippen molar-refractivity contribution in [1.82, 2.24) is 15.5 Å². The summed E-state index contributed by atoms with van der Waals surface area (Å²) >= 11 is 12.3. The number of benzene rings is 2. The van der Waals surface area contributed by atoms with E-state index in [0.29, 0.717) is 21.7 Å². The molecule has 2 aromatic carbocycles. The second-order valence-corrected chi connectivity index (χ2v) is 8.10. The van der Waals surface area contributed by atoms with E-state index in [1.54, 1.807) is 12.1 Å². The average Bonchev–Trinajstić information content (AvgIpc) is 3.06. The number of carbonyl (C=O) groups is 4. The molecule has 0 bridgehead atoms. The summed E-state index contributed by atoms with van der Waals surface area (Å²) in [5, 5.41) is 15.1. The minimum absolute atomic E-state index is 0.0982. The molecule has 2 aliphatic rings. The van der Waals surface area contributed by atoms with Crippen LogP contribution in [0.1, 0.15) is 44.7 Å². The zero-order valence-corrected chi connectivity index (χ0v) is 17.6. The smallest absolute Gasteiger partial charge is 0.255 e. The summed E-state index contributed by atoms with van der Waals surface area (Å²) in [6.45, 7) is 0.243. The number of halogens is 2. The lowest BCUT2D eigenvalue weighted by atomic mass is 10.0. The Morgan fingerprint density at radius 2 is 1.97 bits per heavy atom. The molecule has 1 fully saturated rings. The normalized spacial score (nSPS) is 18.1. The lowest BCUT2D eigenvalue weighted by Gasteiger charge is -2.29. The minimum atomic E-state index is -0.727. The number of phenolic OH excluding ortho intramolecular Hbond substituents is 1. The van der Waals surface area contributed by atoms with E-state index in [9.17, 15) is 24.3 Å². The van der Waals surface area contributed by atoms with Crippen molar-refractivity contribution < 1.29 is 24.3 Å². The van der Waals surface area contributed by atoms with Crippen LogP contribution >= 0.6 is 23.2 Å². The molecule has 3 N–H and O–H groups in total. The molecule has 2 aromatic rings. The van der Waals surface area contributed by atoms with Crippen LogP contribution in [0.5, 0.6) is 5.75 Å². The van der Waals surface area contributed by atoms with Crippen LogP contribution in [0.4, 0.5) is 0 Å². The maximum Gasteiger partial charge on any atom is 0.255 e. The number of fused-ring (bicyclic) bond motifs is 1. The van der Waals surface area contributed by atoms with Crippen molar-refractivity contribution in [3.05, 3.63) is 62.6 Å². The summed E-state index contributed by atoms with van der Waals surface area (Å²) in [7, 11) is 0. The predicted octanol–water partition coefficient (Wildman–Crippen LogP) is 2.39. The Labute approximate surface area is 187 Å². The van der Waals surface area contributed by atoms with E-state index in [1.807, 2.05) is 0 Å². The number of piperidine rings is 1. The van der Waals surface area contributed by atoms with Gasteiger partial charge in [0.15, 0.2) is 0 Å². The average molecular weight is 462 g/mol. The molecule has 0 aromatic heterocycles. The summed E-state index contributed by atoms with van der Waals surface area (Å²) in [5.41, 5.74) is 1.81. The van der Waals surface area contributed by atoms with E-state index in [4.69, 9.17) is 23.2 Å². The second kappa shape index (κ2) is 8.20. The van der Waals surface area contributed by atoms with Gasteiger partial charge in [-0.2, -0.15) is 0 Å². The van der Waals surface area contributed by atoms with Crippen LogP contribution in [0, 0.1) is 0 Å². The van der Waals surface area contributed by atoms with E-state index in [2.05, 4.69) is 10.6 Å². The van der Waals surface area contributed by atoms with E-state index in [0.717, 1.165) is 0 Å². The molecule has 4 rings (SSSR count). The zero-order valence-electron chi connectivity index (χ0n) is 16.1. The predicted molar refractivity (Wildman–Crippen MR) is 112 cm³/mol. The Morgan fingerprint density at radius 3 is 2.68 bits per heavy atom. The SMILES string of the molecule is O=C1CCC(N2Cc3c(ccc(CNC(=O)c4ccc(Cl)c(O)c4)c3Cl)C2=O)C(=O)N1. The first kappa shape index (κ1) is 21.1. The third-order valence-corrected chi connectivity index (χ3v) is 6.17. The summed E-state index contributed by atoms with van der Waals surface area (Å²) in [6.07, 6.45) is 0.431. The van der Waals surface area contributed by atoms with E-state index >= 15 is 0 Å². The van der Waals surface area contributed by atoms with Crippen molar-refractivity contribution in [3.8, 4) is 5.75 Å². The van der Waals surface area contributed by atoms with Gasteiger partial charge in [0.05, 0.1) is 10.0 Å². The number of nitrogens with one attached hydrogen (secondary N) is 2. The van der Waals surface area contributed by atoms with Gasteiger partial charge >= 0.3 is 0 Å². The van der Waals surface area contributed by atoms with Crippen LogP contribution in [-0.4, -0.2) is 39.7 Å². The number of amides is 4. The molecule has 0 radical (unpaired) electrons. The third-order valence-electron chi connectivity index (χ3n) is 5.38. The number of aromatic hydroxyl groups is 1. The number of imide groups is 1. The van der Waals surface area contributed by atoms with Crippen molar-refractivity contribution in [1.29, 1.82) is 0 Å². The Kier molecular flexibility index (Phi) is 5.60. The van der Waals surface area contributed by atoms with Crippen molar-refractivity contribution >= 4 is 46.8 Å². The van der Waals surface area contributed by atoms with Gasteiger partial charge in [0.2, 0.25) is 11.8 Å². The molecule has 1 unspecified atom stereocenters. The van der Waals surface area contributed by atoms with Gasteiger partial charge in [-0.15, -0.1) is 0 Å². The summed E-state index contributed by atoms with van der Waals surface area (Å²) in [6, 6.07) is 6.70. The van der Waals surface area contributed by atoms with Crippen molar-refractivity contribution in [3.63, 3.8) is 0 Å². The highest BCUT2D eigenvalue weighted by Crippen LogP contribution is 2.34. The maximum absolute atomic E-state index is 12.8. The van der Waals surface area contributed by atoms with Gasteiger partial charge < -0.3 is 15.3 Å². The largest absolute Gasteiger partial charge is 0.506 e. The van der Waals surface area contributed by atoms with Gasteiger partial charge in [-0.25, -0.2) is 0 Å². The lowest BCUT2D eigenvalue weighted by Crippen LogP contribution is -2.52. The highest BCUT2D eigenvalue weighted by molar-refractivity contribution is 6.33. The van der Waals surface area contributed by atoms with Crippen LogP contribution < -0.4 is 10.6 Å². The van der Waals surface area contributed by atoms with E-state index in [1.165, 1.54) is 23.1 Å². The Balaban J connectivity index is 1.49. The Bertz CT molecular complexity index is 1130. The van der Waals surface area contributed by atoms with Crippen molar-refractivity contribution in [2.75, 3.05) is 0 Å². The first-order chi connectivity index (χ1) is 14.8. The number of rotatable bonds is 4. The van der Waals surface area contributed by atoms with E-state index in [-0.39, 0.29) is 54.1 Å². The van der Waals surface area contributed by atoms with Gasteiger partial charge in [-0.05, 0) is 36.2 Å². The molecule has 31 heavy (non-hydrogen) atoms. The van der Waals surface area contributed by atoms with Crippen LogP contribution in [0.25, 0.3) is 0 Å². The van der Waals surface area contributed by atoms with Crippen LogP contribution in [0.3, 0.4) is 0 Å². The van der Waals surface area contributed by atoms with Crippen LogP contribution in [-0.2, 0) is 22.7 Å². The standard InChI is InChI=1S/C21H17Cl2N3O5/c22-14-4-2-10(7-16(14)27)19(29)24-8-11-1-3-12-13(18(11)23)9-26(21(12)31)15-5-6-17(28)25-20(15)30/h1-4,7,15,27H,5-6,8-9H2,(H,24,29)(H,25,28,30). The molecular formula is C21H17Cl2N3O5. The number of hydrogen-bond acceptors (Lipinski definition) is 5. The highest BCUT2D eigenvalue weighted by Gasteiger charge is 2.40. The summed E-state index contributed by atoms with van der Waals surface area (Å²) < 4.78 is 0. The molecule has 2 aliphatic heterocycles. The highest BCUT2D eigenvalue weighted by atomic mass is 35.5.